The molecule has 6 heteroatoms. The third kappa shape index (κ3) is 3.97. The van der Waals surface area contributed by atoms with Crippen LogP contribution >= 0.6 is 11.6 Å². The molecular formula is C15H12ClN2O3-. The lowest BCUT2D eigenvalue weighted by Gasteiger charge is -2.07. The van der Waals surface area contributed by atoms with Gasteiger partial charge >= 0.3 is 0 Å². The van der Waals surface area contributed by atoms with Gasteiger partial charge in [-0.1, -0.05) is 23.7 Å². The number of benzene rings is 2. The van der Waals surface area contributed by atoms with Crippen molar-refractivity contribution in [3.05, 3.63) is 58.6 Å². The Morgan fingerprint density at radius 1 is 1.33 bits per heavy atom. The molecule has 0 bridgehead atoms. The molecule has 2 aromatic carbocycles. The number of carboxylic acid groups (broad SMARTS) is 1. The number of nitrogens with zero attached hydrogens (tertiary/aromatic N) is 1. The minimum atomic E-state index is -1.33. The number of hydrogen-bond acceptors (Lipinski definition) is 5. The molecule has 0 aromatic heterocycles. The molecule has 5 nitrogen and oxygen atoms in total. The Balaban J connectivity index is 2.10. The first-order valence-electron chi connectivity index (χ1n) is 6.04. The summed E-state index contributed by atoms with van der Waals surface area (Å²) in [5.41, 5.74) is 3.99. The predicted octanol–water partition coefficient (Wildman–Crippen LogP) is 2.16. The van der Waals surface area contributed by atoms with Gasteiger partial charge in [0.25, 0.3) is 0 Å². The second-order valence-corrected chi connectivity index (χ2v) is 4.54. The highest BCUT2D eigenvalue weighted by Gasteiger charge is 2.02. The minimum Gasteiger partial charge on any atom is -0.545 e. The number of hydrazone groups is 1. The summed E-state index contributed by atoms with van der Waals surface area (Å²) in [6, 6.07) is 11.8. The zero-order chi connectivity index (χ0) is 15.2. The van der Waals surface area contributed by atoms with E-state index in [1.165, 1.54) is 12.1 Å². The van der Waals surface area contributed by atoms with Crippen LogP contribution in [0, 0.1) is 0 Å². The standard InChI is InChI=1S/C15H13ClN2O3/c1-21-12-4-2-3-10(7-12)9-17-18-11-5-6-14(16)13(8-11)15(19)20/h2-9,18H,1H3,(H,19,20)/p-1/b17-9-. The van der Waals surface area contributed by atoms with Gasteiger partial charge in [0.2, 0.25) is 0 Å². The van der Waals surface area contributed by atoms with Crippen LogP contribution < -0.4 is 15.3 Å². The molecule has 0 aliphatic heterocycles. The van der Waals surface area contributed by atoms with Crippen molar-refractivity contribution in [3.8, 4) is 5.75 Å². The van der Waals surface area contributed by atoms with Gasteiger partial charge in [-0.25, -0.2) is 0 Å². The van der Waals surface area contributed by atoms with Gasteiger partial charge in [0.1, 0.15) is 5.75 Å². The van der Waals surface area contributed by atoms with E-state index in [4.69, 9.17) is 16.3 Å². The van der Waals surface area contributed by atoms with E-state index in [0.717, 1.165) is 11.3 Å². The summed E-state index contributed by atoms with van der Waals surface area (Å²) >= 11 is 5.75. The quantitative estimate of drug-likeness (QED) is 0.678. The number of halogens is 1. The number of hydrogen-bond donors (Lipinski definition) is 1. The molecule has 0 spiro atoms. The van der Waals surface area contributed by atoms with E-state index in [0.29, 0.717) is 5.69 Å². The maximum Gasteiger partial charge on any atom is 0.119 e. The third-order valence-electron chi connectivity index (χ3n) is 2.69. The molecule has 1 N–H and O–H groups in total. The van der Waals surface area contributed by atoms with Crippen LogP contribution in [0.25, 0.3) is 0 Å². The maximum absolute atomic E-state index is 10.9. The fraction of sp³-hybridized carbons (Fsp3) is 0.0667. The van der Waals surface area contributed by atoms with E-state index >= 15 is 0 Å². The minimum absolute atomic E-state index is 0.0850. The first-order chi connectivity index (χ1) is 10.1. The highest BCUT2D eigenvalue weighted by Crippen LogP contribution is 2.20. The van der Waals surface area contributed by atoms with E-state index in [1.807, 2.05) is 24.3 Å². The Kier molecular flexibility index (Phi) is 4.79. The van der Waals surface area contributed by atoms with Gasteiger partial charge in [0, 0.05) is 10.6 Å². The molecule has 21 heavy (non-hydrogen) atoms. The Hall–Kier alpha value is -2.53. The number of anilines is 1. The molecule has 0 atom stereocenters. The molecule has 2 aromatic rings. The predicted molar refractivity (Wildman–Crippen MR) is 80.0 cm³/mol. The van der Waals surface area contributed by atoms with Gasteiger partial charge in [-0.2, -0.15) is 5.10 Å². The number of aromatic carboxylic acids is 1. The van der Waals surface area contributed by atoms with Gasteiger partial charge in [0.15, 0.2) is 0 Å². The van der Waals surface area contributed by atoms with Gasteiger partial charge in [-0.05, 0) is 35.9 Å². The van der Waals surface area contributed by atoms with Crippen LogP contribution in [0.1, 0.15) is 15.9 Å². The normalized spacial score (nSPS) is 10.6. The van der Waals surface area contributed by atoms with E-state index in [9.17, 15) is 9.90 Å². The highest BCUT2D eigenvalue weighted by atomic mass is 35.5. The van der Waals surface area contributed by atoms with Crippen molar-refractivity contribution >= 4 is 29.5 Å². The lowest BCUT2D eigenvalue weighted by Crippen LogP contribution is -2.22. The first kappa shape index (κ1) is 14.9. The molecule has 2 rings (SSSR count). The van der Waals surface area contributed by atoms with Crippen molar-refractivity contribution in [2.24, 2.45) is 5.10 Å². The number of methoxy groups -OCH3 is 1. The molecular weight excluding hydrogens is 292 g/mol. The SMILES string of the molecule is COc1cccc(/C=N\Nc2ccc(Cl)c(C(=O)[O-])c2)c1. The van der Waals surface area contributed by atoms with E-state index in [1.54, 1.807) is 19.4 Å². The van der Waals surface area contributed by atoms with Crippen LogP contribution in [0.15, 0.2) is 47.6 Å². The van der Waals surface area contributed by atoms with Crippen molar-refractivity contribution in [2.45, 2.75) is 0 Å². The number of ether oxygens (including phenoxy) is 1. The van der Waals surface area contributed by atoms with Crippen LogP contribution in [0.3, 0.4) is 0 Å². The summed E-state index contributed by atoms with van der Waals surface area (Å²) in [4.78, 5) is 10.9. The van der Waals surface area contributed by atoms with Gasteiger partial charge < -0.3 is 14.6 Å². The average molecular weight is 304 g/mol. The van der Waals surface area contributed by atoms with Crippen molar-refractivity contribution in [3.63, 3.8) is 0 Å². The number of nitrogens with one attached hydrogen (secondary N) is 1. The van der Waals surface area contributed by atoms with E-state index < -0.39 is 5.97 Å². The van der Waals surface area contributed by atoms with Crippen LogP contribution in [-0.2, 0) is 0 Å². The van der Waals surface area contributed by atoms with Crippen LogP contribution in [0.4, 0.5) is 5.69 Å². The zero-order valence-electron chi connectivity index (χ0n) is 11.2. The van der Waals surface area contributed by atoms with Crippen LogP contribution in [0.5, 0.6) is 5.75 Å². The van der Waals surface area contributed by atoms with Gasteiger partial charge in [-0.15, -0.1) is 0 Å². The Labute approximate surface area is 126 Å². The summed E-state index contributed by atoms with van der Waals surface area (Å²) in [6.45, 7) is 0. The first-order valence-corrected chi connectivity index (χ1v) is 6.42. The van der Waals surface area contributed by atoms with Crippen molar-refractivity contribution in [2.75, 3.05) is 12.5 Å². The third-order valence-corrected chi connectivity index (χ3v) is 3.02. The number of carboxylic acids is 1. The lowest BCUT2D eigenvalue weighted by atomic mass is 10.2. The van der Waals surface area contributed by atoms with E-state index in [-0.39, 0.29) is 10.6 Å². The Morgan fingerprint density at radius 2 is 2.14 bits per heavy atom. The molecule has 0 aliphatic carbocycles. The molecule has 108 valence electrons. The largest absolute Gasteiger partial charge is 0.545 e. The molecule has 0 fully saturated rings. The van der Waals surface area contributed by atoms with Crippen molar-refractivity contribution in [1.82, 2.24) is 0 Å². The summed E-state index contributed by atoms with van der Waals surface area (Å²) < 4.78 is 5.11. The molecule has 0 radical (unpaired) electrons. The monoisotopic (exact) mass is 303 g/mol. The topological polar surface area (TPSA) is 73.8 Å². The van der Waals surface area contributed by atoms with Crippen molar-refractivity contribution < 1.29 is 14.6 Å². The molecule has 0 aliphatic rings. The maximum atomic E-state index is 10.9. The smallest absolute Gasteiger partial charge is 0.119 e. The Morgan fingerprint density at radius 3 is 2.86 bits per heavy atom. The summed E-state index contributed by atoms with van der Waals surface area (Å²) in [6.07, 6.45) is 1.59. The van der Waals surface area contributed by atoms with Crippen molar-refractivity contribution in [1.29, 1.82) is 0 Å². The number of carbonyl (C=O) groups excluding carboxylic acids is 1. The second-order valence-electron chi connectivity index (χ2n) is 4.13. The number of rotatable bonds is 5. The molecule has 0 saturated carbocycles. The van der Waals surface area contributed by atoms with Gasteiger partial charge in [-0.3, -0.25) is 5.43 Å². The highest BCUT2D eigenvalue weighted by molar-refractivity contribution is 6.33. The molecule has 0 unspecified atom stereocenters. The Bertz CT molecular complexity index is 686. The molecule has 0 saturated heterocycles. The molecule has 0 heterocycles. The zero-order valence-corrected chi connectivity index (χ0v) is 11.9. The fourth-order valence-electron chi connectivity index (χ4n) is 1.65. The molecule has 0 amide bonds. The summed E-state index contributed by atoms with van der Waals surface area (Å²) in [5.74, 6) is -0.606. The second kappa shape index (κ2) is 6.76. The van der Waals surface area contributed by atoms with Crippen LogP contribution in [-0.4, -0.2) is 19.3 Å². The average Bonchev–Trinajstić information content (AvgIpc) is 2.49. The van der Waals surface area contributed by atoms with Crippen LogP contribution in [0.2, 0.25) is 5.02 Å². The summed E-state index contributed by atoms with van der Waals surface area (Å²) in [7, 11) is 1.59. The van der Waals surface area contributed by atoms with Gasteiger partial charge in [0.05, 0.1) is 25.0 Å². The summed E-state index contributed by atoms with van der Waals surface area (Å²) in [5, 5.41) is 15.0. The number of carbonyl (C=O) groups is 1. The van der Waals surface area contributed by atoms with E-state index in [2.05, 4.69) is 10.5 Å². The lowest BCUT2D eigenvalue weighted by molar-refractivity contribution is -0.255. The fourth-order valence-corrected chi connectivity index (χ4v) is 1.85.